The normalized spacial score (nSPS) is 11.1. The third-order valence-corrected chi connectivity index (χ3v) is 4.01. The number of nitrogens with one attached hydrogen (secondary N) is 1. The number of nitrogens with two attached hydrogens (primary N) is 1. The molecule has 0 saturated carbocycles. The molecule has 0 unspecified atom stereocenters. The van der Waals surface area contributed by atoms with Crippen LogP contribution in [0.1, 0.15) is 6.92 Å². The van der Waals surface area contributed by atoms with Crippen molar-refractivity contribution < 1.29 is 13.2 Å². The van der Waals surface area contributed by atoms with Gasteiger partial charge >= 0.3 is 0 Å². The molecule has 20 heavy (non-hydrogen) atoms. The van der Waals surface area contributed by atoms with E-state index in [4.69, 9.17) is 10.5 Å². The highest BCUT2D eigenvalue weighted by Crippen LogP contribution is 2.26. The van der Waals surface area contributed by atoms with Crippen molar-refractivity contribution in [1.82, 2.24) is 0 Å². The molecule has 2 aromatic carbocycles. The van der Waals surface area contributed by atoms with Gasteiger partial charge in [0.25, 0.3) is 10.0 Å². The van der Waals surface area contributed by atoms with Crippen LogP contribution in [0.5, 0.6) is 5.75 Å². The van der Waals surface area contributed by atoms with Gasteiger partial charge < -0.3 is 10.5 Å². The van der Waals surface area contributed by atoms with Gasteiger partial charge in [0, 0.05) is 6.07 Å². The van der Waals surface area contributed by atoms with E-state index in [1.54, 1.807) is 36.4 Å². The Morgan fingerprint density at radius 2 is 1.85 bits per heavy atom. The molecule has 0 aliphatic heterocycles. The predicted octanol–water partition coefficient (Wildman–Crippen LogP) is 2.47. The summed E-state index contributed by atoms with van der Waals surface area (Å²) in [5.41, 5.74) is 6.48. The number of sulfonamides is 1. The summed E-state index contributed by atoms with van der Waals surface area (Å²) in [4.78, 5) is 0.188. The van der Waals surface area contributed by atoms with Gasteiger partial charge in [-0.15, -0.1) is 0 Å². The summed E-state index contributed by atoms with van der Waals surface area (Å²) >= 11 is 0. The van der Waals surface area contributed by atoms with Gasteiger partial charge in [-0.05, 0) is 31.2 Å². The average molecular weight is 292 g/mol. The van der Waals surface area contributed by atoms with Crippen LogP contribution in [0.15, 0.2) is 53.4 Å². The molecule has 106 valence electrons. The maximum atomic E-state index is 12.2. The number of ether oxygens (including phenoxy) is 1. The molecule has 0 amide bonds. The highest BCUT2D eigenvalue weighted by Gasteiger charge is 2.15. The number of rotatable bonds is 5. The first kappa shape index (κ1) is 14.2. The lowest BCUT2D eigenvalue weighted by Gasteiger charge is -2.11. The van der Waals surface area contributed by atoms with Crippen LogP contribution in [0.4, 0.5) is 11.4 Å². The summed E-state index contributed by atoms with van der Waals surface area (Å²) in [6.07, 6.45) is 0. The molecule has 0 aliphatic carbocycles. The second-order valence-electron chi connectivity index (χ2n) is 4.10. The molecule has 0 saturated heterocycles. The van der Waals surface area contributed by atoms with E-state index in [1.807, 2.05) is 6.92 Å². The molecule has 2 aromatic rings. The van der Waals surface area contributed by atoms with Crippen LogP contribution in [-0.4, -0.2) is 15.0 Å². The van der Waals surface area contributed by atoms with Crippen LogP contribution >= 0.6 is 0 Å². The maximum Gasteiger partial charge on any atom is 0.261 e. The molecule has 0 spiro atoms. The number of anilines is 2. The zero-order valence-corrected chi connectivity index (χ0v) is 11.9. The molecule has 0 fully saturated rings. The van der Waals surface area contributed by atoms with E-state index in [-0.39, 0.29) is 4.90 Å². The van der Waals surface area contributed by atoms with Gasteiger partial charge in [-0.2, -0.15) is 0 Å². The molecule has 3 N–H and O–H groups in total. The first-order chi connectivity index (χ1) is 9.53. The van der Waals surface area contributed by atoms with Gasteiger partial charge in [-0.25, -0.2) is 8.42 Å². The second-order valence-corrected chi connectivity index (χ2v) is 5.78. The molecule has 0 aromatic heterocycles. The Morgan fingerprint density at radius 3 is 2.45 bits per heavy atom. The largest absolute Gasteiger partial charge is 0.494 e. The van der Waals surface area contributed by atoms with Crippen molar-refractivity contribution in [2.45, 2.75) is 11.8 Å². The van der Waals surface area contributed by atoms with Crippen molar-refractivity contribution in [1.29, 1.82) is 0 Å². The van der Waals surface area contributed by atoms with Crippen molar-refractivity contribution >= 4 is 21.4 Å². The fourth-order valence-electron chi connectivity index (χ4n) is 1.69. The second kappa shape index (κ2) is 5.83. The molecule has 0 heterocycles. The molecular weight excluding hydrogens is 276 g/mol. The van der Waals surface area contributed by atoms with E-state index >= 15 is 0 Å². The van der Waals surface area contributed by atoms with Gasteiger partial charge in [-0.3, -0.25) is 4.72 Å². The lowest BCUT2D eigenvalue weighted by atomic mass is 10.2. The van der Waals surface area contributed by atoms with Crippen LogP contribution in [0.2, 0.25) is 0 Å². The van der Waals surface area contributed by atoms with Crippen molar-refractivity contribution in [3.8, 4) is 5.75 Å². The Morgan fingerprint density at radius 1 is 1.15 bits per heavy atom. The Hall–Kier alpha value is -2.21. The minimum absolute atomic E-state index is 0.188. The molecule has 0 aliphatic rings. The zero-order valence-electron chi connectivity index (χ0n) is 11.0. The third kappa shape index (κ3) is 3.21. The summed E-state index contributed by atoms with van der Waals surface area (Å²) in [5, 5.41) is 0. The van der Waals surface area contributed by atoms with Crippen molar-refractivity contribution in [3.63, 3.8) is 0 Å². The summed E-state index contributed by atoms with van der Waals surface area (Å²) in [5.74, 6) is 0.604. The number of nitrogen functional groups attached to an aromatic ring is 1. The summed E-state index contributed by atoms with van der Waals surface area (Å²) in [6, 6.07) is 13.0. The van der Waals surface area contributed by atoms with Crippen LogP contribution in [0, 0.1) is 0 Å². The number of benzene rings is 2. The monoisotopic (exact) mass is 292 g/mol. The number of hydrogen-bond acceptors (Lipinski definition) is 4. The molecular formula is C14H16N2O3S. The molecule has 0 bridgehead atoms. The molecule has 0 atom stereocenters. The van der Waals surface area contributed by atoms with E-state index in [0.717, 1.165) is 0 Å². The lowest BCUT2D eigenvalue weighted by Crippen LogP contribution is -2.14. The van der Waals surface area contributed by atoms with Crippen LogP contribution < -0.4 is 15.2 Å². The first-order valence-electron chi connectivity index (χ1n) is 6.13. The van der Waals surface area contributed by atoms with E-state index in [0.29, 0.717) is 23.7 Å². The fourth-order valence-corrected chi connectivity index (χ4v) is 2.80. The number of hydrogen-bond donors (Lipinski definition) is 2. The molecule has 0 radical (unpaired) electrons. The van der Waals surface area contributed by atoms with Crippen LogP contribution in [0.3, 0.4) is 0 Å². The summed E-state index contributed by atoms with van der Waals surface area (Å²) in [7, 11) is -3.63. The lowest BCUT2D eigenvalue weighted by molar-refractivity contribution is 0.340. The van der Waals surface area contributed by atoms with Gasteiger partial charge in [0.05, 0.1) is 22.9 Å². The summed E-state index contributed by atoms with van der Waals surface area (Å²) < 4.78 is 32.1. The smallest absolute Gasteiger partial charge is 0.261 e. The quantitative estimate of drug-likeness (QED) is 0.829. The average Bonchev–Trinajstić information content (AvgIpc) is 2.43. The van der Waals surface area contributed by atoms with Crippen LogP contribution in [0.25, 0.3) is 0 Å². The highest BCUT2D eigenvalue weighted by atomic mass is 32.2. The standard InChI is InChI=1S/C14H16N2O3S/c1-2-19-11-8-9-14(13(15)10-11)16-20(17,18)12-6-4-3-5-7-12/h3-10,16H,2,15H2,1H3. The first-order valence-corrected chi connectivity index (χ1v) is 7.61. The summed E-state index contributed by atoms with van der Waals surface area (Å²) in [6.45, 7) is 2.39. The van der Waals surface area contributed by atoms with Gasteiger partial charge in [0.2, 0.25) is 0 Å². The van der Waals surface area contributed by atoms with E-state index in [9.17, 15) is 8.42 Å². The Balaban J connectivity index is 2.26. The topological polar surface area (TPSA) is 81.4 Å². The predicted molar refractivity (Wildman–Crippen MR) is 79.3 cm³/mol. The van der Waals surface area contributed by atoms with E-state index < -0.39 is 10.0 Å². The molecule has 6 heteroatoms. The van der Waals surface area contributed by atoms with Gasteiger partial charge in [0.15, 0.2) is 0 Å². The highest BCUT2D eigenvalue weighted by molar-refractivity contribution is 7.92. The van der Waals surface area contributed by atoms with Gasteiger partial charge in [0.1, 0.15) is 5.75 Å². The third-order valence-electron chi connectivity index (χ3n) is 2.63. The minimum Gasteiger partial charge on any atom is -0.494 e. The van der Waals surface area contributed by atoms with E-state index in [1.165, 1.54) is 12.1 Å². The Kier molecular flexibility index (Phi) is 4.14. The minimum atomic E-state index is -3.63. The maximum absolute atomic E-state index is 12.2. The van der Waals surface area contributed by atoms with Crippen molar-refractivity contribution in [2.24, 2.45) is 0 Å². The Labute approximate surface area is 118 Å². The Bertz CT molecular complexity index is 685. The van der Waals surface area contributed by atoms with Crippen molar-refractivity contribution in [3.05, 3.63) is 48.5 Å². The van der Waals surface area contributed by atoms with Crippen LogP contribution in [-0.2, 0) is 10.0 Å². The zero-order chi connectivity index (χ0) is 14.6. The van der Waals surface area contributed by atoms with E-state index in [2.05, 4.69) is 4.72 Å². The SMILES string of the molecule is CCOc1ccc(NS(=O)(=O)c2ccccc2)c(N)c1. The van der Waals surface area contributed by atoms with Crippen molar-refractivity contribution in [2.75, 3.05) is 17.1 Å². The molecule has 5 nitrogen and oxygen atoms in total. The van der Waals surface area contributed by atoms with Gasteiger partial charge in [-0.1, -0.05) is 18.2 Å². The fraction of sp³-hybridized carbons (Fsp3) is 0.143. The molecule has 2 rings (SSSR count).